The van der Waals surface area contributed by atoms with Gasteiger partial charge in [0, 0.05) is 24.8 Å². The summed E-state index contributed by atoms with van der Waals surface area (Å²) in [6.45, 7) is -0.845. The standard InChI is InChI=1S/C19H20ClN3O5/c1-23(2)15-5-3-4-13(10-15)19(26)28-12-18(25)22-21-17(24)11-27-16-8-6-14(20)7-9-16/h3-10H,11-12H2,1-2H3,(H,21,24)(H,22,25). The van der Waals surface area contributed by atoms with E-state index in [1.165, 1.54) is 0 Å². The number of carbonyl (C=O) groups excluding carboxylic acids is 3. The molecule has 8 nitrogen and oxygen atoms in total. The molecule has 0 spiro atoms. The van der Waals surface area contributed by atoms with Gasteiger partial charge < -0.3 is 14.4 Å². The zero-order chi connectivity index (χ0) is 20.5. The summed E-state index contributed by atoms with van der Waals surface area (Å²) in [4.78, 5) is 37.2. The number of hydrogen-bond donors (Lipinski definition) is 2. The molecular weight excluding hydrogens is 386 g/mol. The first-order chi connectivity index (χ1) is 13.3. The molecule has 2 rings (SSSR count). The van der Waals surface area contributed by atoms with Gasteiger partial charge in [0.05, 0.1) is 5.56 Å². The van der Waals surface area contributed by atoms with Gasteiger partial charge in [-0.3, -0.25) is 20.4 Å². The van der Waals surface area contributed by atoms with Crippen LogP contribution in [0.25, 0.3) is 0 Å². The molecule has 2 aromatic carbocycles. The highest BCUT2D eigenvalue weighted by Gasteiger charge is 2.12. The lowest BCUT2D eigenvalue weighted by atomic mass is 10.2. The van der Waals surface area contributed by atoms with E-state index in [4.69, 9.17) is 21.1 Å². The lowest BCUT2D eigenvalue weighted by Crippen LogP contribution is -2.45. The molecule has 0 aromatic heterocycles. The summed E-state index contributed by atoms with van der Waals surface area (Å²) in [6.07, 6.45) is 0. The number of nitrogens with one attached hydrogen (secondary N) is 2. The van der Waals surface area contributed by atoms with Crippen LogP contribution in [0.1, 0.15) is 10.4 Å². The van der Waals surface area contributed by atoms with Crippen molar-refractivity contribution in [2.24, 2.45) is 0 Å². The summed E-state index contributed by atoms with van der Waals surface area (Å²) in [6, 6.07) is 13.3. The number of anilines is 1. The predicted molar refractivity (Wildman–Crippen MR) is 104 cm³/mol. The van der Waals surface area contributed by atoms with E-state index in [9.17, 15) is 14.4 Å². The van der Waals surface area contributed by atoms with Crippen LogP contribution in [-0.2, 0) is 14.3 Å². The van der Waals surface area contributed by atoms with Crippen LogP contribution in [0.2, 0.25) is 5.02 Å². The number of hydrogen-bond acceptors (Lipinski definition) is 6. The Morgan fingerprint density at radius 3 is 2.25 bits per heavy atom. The van der Waals surface area contributed by atoms with Crippen LogP contribution in [0.4, 0.5) is 5.69 Å². The first kappa shape index (κ1) is 21.0. The van der Waals surface area contributed by atoms with Gasteiger partial charge in [-0.25, -0.2) is 4.79 Å². The maximum atomic E-state index is 12.0. The first-order valence-corrected chi connectivity index (χ1v) is 8.63. The van der Waals surface area contributed by atoms with E-state index in [0.717, 1.165) is 5.69 Å². The summed E-state index contributed by atoms with van der Waals surface area (Å²) >= 11 is 5.75. The van der Waals surface area contributed by atoms with E-state index >= 15 is 0 Å². The van der Waals surface area contributed by atoms with E-state index in [2.05, 4.69) is 10.9 Å². The van der Waals surface area contributed by atoms with Crippen molar-refractivity contribution in [3.63, 3.8) is 0 Å². The zero-order valence-electron chi connectivity index (χ0n) is 15.4. The van der Waals surface area contributed by atoms with E-state index in [1.807, 2.05) is 25.1 Å². The summed E-state index contributed by atoms with van der Waals surface area (Å²) < 4.78 is 10.2. The molecule has 0 aliphatic heterocycles. The number of hydrazine groups is 1. The molecule has 0 fully saturated rings. The smallest absolute Gasteiger partial charge is 0.338 e. The summed E-state index contributed by atoms with van der Waals surface area (Å²) in [5, 5.41) is 0.548. The maximum Gasteiger partial charge on any atom is 0.338 e. The number of esters is 1. The molecule has 0 aliphatic rings. The van der Waals surface area contributed by atoms with Gasteiger partial charge in [-0.1, -0.05) is 17.7 Å². The molecule has 0 saturated carbocycles. The molecule has 9 heteroatoms. The van der Waals surface area contributed by atoms with Crippen LogP contribution >= 0.6 is 11.6 Å². The third-order valence-corrected chi connectivity index (χ3v) is 3.71. The Bertz CT molecular complexity index is 840. The van der Waals surface area contributed by atoms with Gasteiger partial charge in [-0.05, 0) is 42.5 Å². The first-order valence-electron chi connectivity index (χ1n) is 8.25. The molecule has 0 aliphatic carbocycles. The van der Waals surface area contributed by atoms with E-state index in [1.54, 1.807) is 42.5 Å². The van der Waals surface area contributed by atoms with Gasteiger partial charge in [0.25, 0.3) is 11.8 Å². The van der Waals surface area contributed by atoms with Gasteiger partial charge in [0.2, 0.25) is 0 Å². The van der Waals surface area contributed by atoms with Crippen molar-refractivity contribution in [2.45, 2.75) is 0 Å². The fraction of sp³-hybridized carbons (Fsp3) is 0.211. The monoisotopic (exact) mass is 405 g/mol. The highest BCUT2D eigenvalue weighted by molar-refractivity contribution is 6.30. The van der Waals surface area contributed by atoms with Gasteiger partial charge in [0.1, 0.15) is 5.75 Å². The van der Waals surface area contributed by atoms with E-state index < -0.39 is 24.4 Å². The minimum atomic E-state index is -0.683. The molecule has 28 heavy (non-hydrogen) atoms. The van der Waals surface area contributed by atoms with Gasteiger partial charge in [-0.2, -0.15) is 0 Å². The van der Waals surface area contributed by atoms with Gasteiger partial charge >= 0.3 is 5.97 Å². The van der Waals surface area contributed by atoms with Crippen LogP contribution < -0.4 is 20.5 Å². The number of carbonyl (C=O) groups is 3. The minimum absolute atomic E-state index is 0.307. The van der Waals surface area contributed by atoms with Crippen molar-refractivity contribution >= 4 is 35.1 Å². The van der Waals surface area contributed by atoms with E-state index in [-0.39, 0.29) is 6.61 Å². The molecule has 0 saturated heterocycles. The second-order valence-electron chi connectivity index (χ2n) is 5.86. The highest BCUT2D eigenvalue weighted by Crippen LogP contribution is 2.15. The van der Waals surface area contributed by atoms with Gasteiger partial charge in [-0.15, -0.1) is 0 Å². The van der Waals surface area contributed by atoms with Crippen molar-refractivity contribution in [3.8, 4) is 5.75 Å². The molecule has 0 atom stereocenters. The Balaban J connectivity index is 1.70. The Kier molecular flexibility index (Phi) is 7.65. The molecular formula is C19H20ClN3O5. The average Bonchev–Trinajstić information content (AvgIpc) is 2.70. The number of halogens is 1. The lowest BCUT2D eigenvalue weighted by molar-refractivity contribution is -0.131. The van der Waals surface area contributed by atoms with Crippen molar-refractivity contribution in [1.82, 2.24) is 10.9 Å². The molecule has 0 unspecified atom stereocenters. The minimum Gasteiger partial charge on any atom is -0.484 e. The second kappa shape index (κ2) is 10.2. The SMILES string of the molecule is CN(C)c1cccc(C(=O)OCC(=O)NNC(=O)COc2ccc(Cl)cc2)c1. The molecule has 2 aromatic rings. The Morgan fingerprint density at radius 2 is 1.61 bits per heavy atom. The third-order valence-electron chi connectivity index (χ3n) is 3.46. The summed E-state index contributed by atoms with van der Waals surface area (Å²) in [5.74, 6) is -1.44. The van der Waals surface area contributed by atoms with Crippen LogP contribution in [0.3, 0.4) is 0 Å². The zero-order valence-corrected chi connectivity index (χ0v) is 16.2. The maximum absolute atomic E-state index is 12.0. The fourth-order valence-electron chi connectivity index (χ4n) is 2.02. The number of benzene rings is 2. The lowest BCUT2D eigenvalue weighted by Gasteiger charge is -2.13. The molecule has 2 N–H and O–H groups in total. The third kappa shape index (κ3) is 6.81. The average molecular weight is 406 g/mol. The van der Waals surface area contributed by atoms with Crippen molar-refractivity contribution < 1.29 is 23.9 Å². The Hall–Kier alpha value is -3.26. The molecule has 148 valence electrons. The number of ether oxygens (including phenoxy) is 2. The summed E-state index contributed by atoms with van der Waals surface area (Å²) in [7, 11) is 3.69. The van der Waals surface area contributed by atoms with Crippen LogP contribution in [-0.4, -0.2) is 45.1 Å². The Labute approximate surface area is 167 Å². The largest absolute Gasteiger partial charge is 0.484 e. The van der Waals surface area contributed by atoms with Crippen molar-refractivity contribution in [3.05, 3.63) is 59.1 Å². The quantitative estimate of drug-likeness (QED) is 0.538. The van der Waals surface area contributed by atoms with Crippen LogP contribution in [0.5, 0.6) is 5.75 Å². The van der Waals surface area contributed by atoms with Crippen LogP contribution in [0, 0.1) is 0 Å². The number of rotatable bonds is 7. The molecule has 0 radical (unpaired) electrons. The molecule has 2 amide bonds. The van der Waals surface area contributed by atoms with Gasteiger partial charge in [0.15, 0.2) is 13.2 Å². The Morgan fingerprint density at radius 1 is 0.964 bits per heavy atom. The van der Waals surface area contributed by atoms with Crippen LogP contribution in [0.15, 0.2) is 48.5 Å². The molecule has 0 heterocycles. The number of amides is 2. The highest BCUT2D eigenvalue weighted by atomic mass is 35.5. The number of nitrogens with zero attached hydrogens (tertiary/aromatic N) is 1. The second-order valence-corrected chi connectivity index (χ2v) is 6.30. The van der Waals surface area contributed by atoms with Crippen molar-refractivity contribution in [2.75, 3.05) is 32.2 Å². The van der Waals surface area contributed by atoms with Crippen molar-refractivity contribution in [1.29, 1.82) is 0 Å². The topological polar surface area (TPSA) is 97.0 Å². The fourth-order valence-corrected chi connectivity index (χ4v) is 2.14. The normalized spacial score (nSPS) is 9.96. The predicted octanol–water partition coefficient (Wildman–Crippen LogP) is 1.79. The molecule has 0 bridgehead atoms. The van der Waals surface area contributed by atoms with E-state index in [0.29, 0.717) is 16.3 Å². The summed E-state index contributed by atoms with van der Waals surface area (Å²) in [5.41, 5.74) is 5.45.